The molecule has 0 N–H and O–H groups in total. The van der Waals surface area contributed by atoms with E-state index in [1.165, 1.54) is 28.6 Å². The maximum Gasteiger partial charge on any atom is 0.338 e. The summed E-state index contributed by atoms with van der Waals surface area (Å²) in [6.45, 7) is 7.92. The van der Waals surface area contributed by atoms with E-state index < -0.39 is 16.0 Å². The summed E-state index contributed by atoms with van der Waals surface area (Å²) in [5.74, 6) is -0.452. The van der Waals surface area contributed by atoms with E-state index in [4.69, 9.17) is 4.74 Å². The van der Waals surface area contributed by atoms with Crippen LogP contribution in [0.5, 0.6) is 0 Å². The fourth-order valence-corrected chi connectivity index (χ4v) is 3.22. The summed E-state index contributed by atoms with van der Waals surface area (Å²) in [6.07, 6.45) is -0.207. The molecule has 1 rings (SSSR count). The number of carbonyl (C=O) groups excluding carboxylic acids is 1. The molecule has 112 valence electrons. The van der Waals surface area contributed by atoms with E-state index in [1.54, 1.807) is 27.7 Å². The summed E-state index contributed by atoms with van der Waals surface area (Å²) in [5.41, 5.74) is 0.345. The number of nitrogens with zero attached hydrogens (tertiary/aromatic N) is 1. The first kappa shape index (κ1) is 16.7. The first-order chi connectivity index (χ1) is 9.32. The van der Waals surface area contributed by atoms with Gasteiger partial charge in [-0.25, -0.2) is 13.2 Å². The highest BCUT2D eigenvalue weighted by Crippen LogP contribution is 2.16. The zero-order valence-electron chi connectivity index (χ0n) is 12.3. The number of hydrogen-bond acceptors (Lipinski definition) is 4. The van der Waals surface area contributed by atoms with Gasteiger partial charge in [0.05, 0.1) is 16.6 Å². The molecule has 0 radical (unpaired) electrons. The van der Waals surface area contributed by atoms with Crippen LogP contribution in [0.2, 0.25) is 0 Å². The van der Waals surface area contributed by atoms with Gasteiger partial charge in [-0.3, -0.25) is 0 Å². The van der Waals surface area contributed by atoms with E-state index in [-0.39, 0.29) is 11.0 Å². The minimum Gasteiger partial charge on any atom is -0.459 e. The number of carbonyl (C=O) groups is 1. The number of sulfonamides is 1. The van der Waals surface area contributed by atoms with Crippen LogP contribution in [0.25, 0.3) is 0 Å². The van der Waals surface area contributed by atoms with Crippen LogP contribution in [0.4, 0.5) is 0 Å². The number of rotatable bonds is 6. The SMILES string of the molecule is CCN(CC)S(=O)(=O)c1ccc(C(=O)OC(C)C)cc1. The van der Waals surface area contributed by atoms with E-state index in [9.17, 15) is 13.2 Å². The van der Waals surface area contributed by atoms with E-state index in [2.05, 4.69) is 0 Å². The molecule has 0 heterocycles. The van der Waals surface area contributed by atoms with Crippen molar-refractivity contribution in [1.82, 2.24) is 4.31 Å². The number of hydrogen-bond donors (Lipinski definition) is 0. The van der Waals surface area contributed by atoms with Crippen LogP contribution in [-0.2, 0) is 14.8 Å². The Balaban J connectivity index is 2.99. The van der Waals surface area contributed by atoms with Gasteiger partial charge in [0.2, 0.25) is 10.0 Å². The second kappa shape index (κ2) is 6.85. The predicted molar refractivity (Wildman–Crippen MR) is 77.1 cm³/mol. The largest absolute Gasteiger partial charge is 0.459 e. The van der Waals surface area contributed by atoms with E-state index in [0.717, 1.165) is 0 Å². The van der Waals surface area contributed by atoms with E-state index >= 15 is 0 Å². The van der Waals surface area contributed by atoms with Crippen LogP contribution in [-0.4, -0.2) is 37.9 Å². The lowest BCUT2D eigenvalue weighted by Crippen LogP contribution is -2.30. The van der Waals surface area contributed by atoms with Crippen molar-refractivity contribution in [2.45, 2.75) is 38.7 Å². The lowest BCUT2D eigenvalue weighted by molar-refractivity contribution is 0.0378. The average Bonchev–Trinajstić information content (AvgIpc) is 2.39. The Morgan fingerprint density at radius 1 is 1.15 bits per heavy atom. The number of ether oxygens (including phenoxy) is 1. The zero-order valence-corrected chi connectivity index (χ0v) is 13.1. The van der Waals surface area contributed by atoms with Crippen molar-refractivity contribution in [3.8, 4) is 0 Å². The molecule has 0 aliphatic heterocycles. The van der Waals surface area contributed by atoms with Crippen LogP contribution in [0.1, 0.15) is 38.1 Å². The summed E-state index contributed by atoms with van der Waals surface area (Å²) >= 11 is 0. The van der Waals surface area contributed by atoms with Crippen molar-refractivity contribution < 1.29 is 17.9 Å². The van der Waals surface area contributed by atoms with Gasteiger partial charge < -0.3 is 4.74 Å². The van der Waals surface area contributed by atoms with E-state index in [0.29, 0.717) is 18.7 Å². The summed E-state index contributed by atoms with van der Waals surface area (Å²) in [6, 6.07) is 5.82. The van der Waals surface area contributed by atoms with Crippen molar-refractivity contribution >= 4 is 16.0 Å². The van der Waals surface area contributed by atoms with Gasteiger partial charge in [0.25, 0.3) is 0 Å². The molecular formula is C14H21NO4S. The minimum absolute atomic E-state index is 0.183. The van der Waals surface area contributed by atoms with Gasteiger partial charge in [-0.1, -0.05) is 13.8 Å². The maximum atomic E-state index is 12.3. The minimum atomic E-state index is -3.49. The molecule has 5 nitrogen and oxygen atoms in total. The standard InChI is InChI=1S/C14H21NO4S/c1-5-15(6-2)20(17,18)13-9-7-12(8-10-13)14(16)19-11(3)4/h7-11H,5-6H2,1-4H3. The van der Waals surface area contributed by atoms with Crippen molar-refractivity contribution in [3.05, 3.63) is 29.8 Å². The van der Waals surface area contributed by atoms with E-state index in [1.807, 2.05) is 0 Å². The Labute approximate surface area is 120 Å². The summed E-state index contributed by atoms with van der Waals surface area (Å²) in [7, 11) is -3.49. The molecule has 0 fully saturated rings. The Hall–Kier alpha value is -1.40. The molecule has 0 aliphatic carbocycles. The topological polar surface area (TPSA) is 63.7 Å². The first-order valence-corrected chi connectivity index (χ1v) is 8.08. The van der Waals surface area contributed by atoms with Gasteiger partial charge in [-0.2, -0.15) is 4.31 Å². The number of benzene rings is 1. The lowest BCUT2D eigenvalue weighted by Gasteiger charge is -2.18. The monoisotopic (exact) mass is 299 g/mol. The van der Waals surface area contributed by atoms with Crippen molar-refractivity contribution in [1.29, 1.82) is 0 Å². The van der Waals surface area contributed by atoms with Gasteiger partial charge in [0.1, 0.15) is 0 Å². The molecule has 0 atom stereocenters. The highest BCUT2D eigenvalue weighted by Gasteiger charge is 2.21. The Morgan fingerprint density at radius 3 is 2.05 bits per heavy atom. The molecule has 0 saturated carbocycles. The van der Waals surface area contributed by atoms with Crippen molar-refractivity contribution in [2.24, 2.45) is 0 Å². The van der Waals surface area contributed by atoms with Gasteiger partial charge in [0.15, 0.2) is 0 Å². The normalized spacial score (nSPS) is 11.9. The fraction of sp³-hybridized carbons (Fsp3) is 0.500. The predicted octanol–water partition coefficient (Wildman–Crippen LogP) is 2.28. The van der Waals surface area contributed by atoms with Gasteiger partial charge in [-0.05, 0) is 38.1 Å². The molecule has 0 spiro atoms. The van der Waals surface area contributed by atoms with Crippen LogP contribution < -0.4 is 0 Å². The van der Waals surface area contributed by atoms with Crippen LogP contribution in [0.3, 0.4) is 0 Å². The molecule has 1 aromatic rings. The molecule has 1 aromatic carbocycles. The zero-order chi connectivity index (χ0) is 15.3. The third-order valence-electron chi connectivity index (χ3n) is 2.78. The maximum absolute atomic E-state index is 12.3. The quantitative estimate of drug-likeness (QED) is 0.756. The van der Waals surface area contributed by atoms with Crippen molar-refractivity contribution in [2.75, 3.05) is 13.1 Å². The highest BCUT2D eigenvalue weighted by molar-refractivity contribution is 7.89. The second-order valence-electron chi connectivity index (χ2n) is 4.57. The molecule has 6 heteroatoms. The van der Waals surface area contributed by atoms with Crippen molar-refractivity contribution in [3.63, 3.8) is 0 Å². The summed E-state index contributed by atoms with van der Waals surface area (Å²) in [4.78, 5) is 11.9. The average molecular weight is 299 g/mol. The van der Waals surface area contributed by atoms with Gasteiger partial charge >= 0.3 is 5.97 Å². The Kier molecular flexibility index (Phi) is 5.71. The van der Waals surface area contributed by atoms with Crippen LogP contribution in [0, 0.1) is 0 Å². The van der Waals surface area contributed by atoms with Crippen LogP contribution >= 0.6 is 0 Å². The van der Waals surface area contributed by atoms with Gasteiger partial charge in [0, 0.05) is 13.1 Å². The smallest absolute Gasteiger partial charge is 0.338 e. The van der Waals surface area contributed by atoms with Crippen LogP contribution in [0.15, 0.2) is 29.2 Å². The second-order valence-corrected chi connectivity index (χ2v) is 6.51. The molecule has 0 unspecified atom stereocenters. The molecule has 0 bridgehead atoms. The first-order valence-electron chi connectivity index (χ1n) is 6.64. The molecule has 0 amide bonds. The molecular weight excluding hydrogens is 278 g/mol. The Morgan fingerprint density at radius 2 is 1.65 bits per heavy atom. The molecule has 0 saturated heterocycles. The number of esters is 1. The van der Waals surface area contributed by atoms with Gasteiger partial charge in [-0.15, -0.1) is 0 Å². The summed E-state index contributed by atoms with van der Waals surface area (Å²) in [5, 5.41) is 0. The molecule has 20 heavy (non-hydrogen) atoms. The Bertz CT molecular complexity index is 545. The molecule has 0 aromatic heterocycles. The highest BCUT2D eigenvalue weighted by atomic mass is 32.2. The fourth-order valence-electron chi connectivity index (χ4n) is 1.76. The lowest BCUT2D eigenvalue weighted by atomic mass is 10.2. The third kappa shape index (κ3) is 3.80. The third-order valence-corrected chi connectivity index (χ3v) is 4.84. The summed E-state index contributed by atoms with van der Waals surface area (Å²) < 4.78 is 30.9. The molecule has 0 aliphatic rings.